The van der Waals surface area contributed by atoms with Crippen molar-refractivity contribution in [2.24, 2.45) is 0 Å². The summed E-state index contributed by atoms with van der Waals surface area (Å²) < 4.78 is 0. The fraction of sp³-hybridized carbons (Fsp3) is 0.778. The van der Waals surface area contributed by atoms with E-state index in [1.54, 1.807) is 0 Å². The van der Waals surface area contributed by atoms with Crippen molar-refractivity contribution in [3.63, 3.8) is 0 Å². The molecule has 0 unspecified atom stereocenters. The molecule has 0 radical (unpaired) electrons. The van der Waals surface area contributed by atoms with Crippen LogP contribution in [0.5, 0.6) is 0 Å². The summed E-state index contributed by atoms with van der Waals surface area (Å²) in [5.74, 6) is 5.88. The molecule has 10 heavy (non-hydrogen) atoms. The first-order valence-corrected chi connectivity index (χ1v) is 3.99. The maximum absolute atomic E-state index is 9.46. The monoisotopic (exact) mass is 138 g/mol. The van der Waals surface area contributed by atoms with Crippen molar-refractivity contribution in [2.75, 3.05) is 0 Å². The minimum Gasteiger partial charge on any atom is -0.378 e. The smallest absolute Gasteiger partial charge is 0.125 e. The summed E-state index contributed by atoms with van der Waals surface area (Å²) in [6.07, 6.45) is 4.90. The molecular formula is C9H14O. The van der Waals surface area contributed by atoms with Gasteiger partial charge in [0.15, 0.2) is 0 Å². The Morgan fingerprint density at radius 3 is 2.60 bits per heavy atom. The Kier molecular flexibility index (Phi) is 2.34. The molecule has 1 nitrogen and oxygen atoms in total. The Bertz CT molecular complexity index is 157. The third-order valence-corrected chi connectivity index (χ3v) is 1.88. The molecule has 1 N–H and O–H groups in total. The molecule has 0 aromatic carbocycles. The Morgan fingerprint density at radius 2 is 2.20 bits per heavy atom. The molecule has 1 fully saturated rings. The molecule has 1 saturated carbocycles. The molecule has 0 atom stereocenters. The number of aliphatic hydroxyl groups is 1. The van der Waals surface area contributed by atoms with Gasteiger partial charge >= 0.3 is 0 Å². The van der Waals surface area contributed by atoms with E-state index in [1.165, 1.54) is 0 Å². The highest BCUT2D eigenvalue weighted by atomic mass is 16.3. The first-order chi connectivity index (χ1) is 4.77. The van der Waals surface area contributed by atoms with Crippen LogP contribution in [0.2, 0.25) is 0 Å². The summed E-state index contributed by atoms with van der Waals surface area (Å²) in [6, 6.07) is 0. The van der Waals surface area contributed by atoms with Gasteiger partial charge in [0, 0.05) is 6.42 Å². The molecule has 0 aromatic heterocycles. The van der Waals surface area contributed by atoms with Gasteiger partial charge in [0.1, 0.15) is 5.60 Å². The first-order valence-electron chi connectivity index (χ1n) is 3.99. The average molecular weight is 138 g/mol. The molecule has 56 valence electrons. The van der Waals surface area contributed by atoms with Crippen LogP contribution in [0.4, 0.5) is 0 Å². The minimum atomic E-state index is -0.588. The van der Waals surface area contributed by atoms with Gasteiger partial charge in [0.2, 0.25) is 0 Å². The van der Waals surface area contributed by atoms with Gasteiger partial charge in [-0.3, -0.25) is 0 Å². The van der Waals surface area contributed by atoms with Gasteiger partial charge in [-0.1, -0.05) is 12.8 Å². The second-order valence-electron chi connectivity index (χ2n) is 2.94. The van der Waals surface area contributed by atoms with Crippen molar-refractivity contribution in [2.45, 2.75) is 44.6 Å². The fourth-order valence-electron chi connectivity index (χ4n) is 0.989. The van der Waals surface area contributed by atoms with E-state index in [2.05, 4.69) is 18.8 Å². The second-order valence-corrected chi connectivity index (χ2v) is 2.94. The maximum Gasteiger partial charge on any atom is 0.125 e. The van der Waals surface area contributed by atoms with Gasteiger partial charge in [-0.05, 0) is 25.7 Å². The lowest BCUT2D eigenvalue weighted by Crippen LogP contribution is -2.34. The van der Waals surface area contributed by atoms with Crippen LogP contribution < -0.4 is 0 Å². The van der Waals surface area contributed by atoms with Crippen LogP contribution in [-0.2, 0) is 0 Å². The molecule has 1 aliphatic rings. The van der Waals surface area contributed by atoms with Crippen molar-refractivity contribution in [1.29, 1.82) is 0 Å². The normalized spacial score (nSPS) is 20.6. The van der Waals surface area contributed by atoms with Gasteiger partial charge in [0.05, 0.1) is 0 Å². The van der Waals surface area contributed by atoms with Crippen molar-refractivity contribution in [3.8, 4) is 11.8 Å². The zero-order valence-corrected chi connectivity index (χ0v) is 6.48. The summed E-state index contributed by atoms with van der Waals surface area (Å²) in [7, 11) is 0. The molecule has 0 aromatic rings. The van der Waals surface area contributed by atoms with Crippen LogP contribution >= 0.6 is 0 Å². The fourth-order valence-corrected chi connectivity index (χ4v) is 0.989. The Hall–Kier alpha value is -0.480. The summed E-state index contributed by atoms with van der Waals surface area (Å²) in [5, 5.41) is 9.46. The van der Waals surface area contributed by atoms with Gasteiger partial charge in [-0.15, -0.1) is 5.92 Å². The van der Waals surface area contributed by atoms with Crippen molar-refractivity contribution in [3.05, 3.63) is 0 Å². The number of hydrogen-bond donors (Lipinski definition) is 1. The average Bonchev–Trinajstić information content (AvgIpc) is 1.85. The number of unbranched alkanes of at least 4 members (excludes halogenated alkanes) is 1. The molecular weight excluding hydrogens is 124 g/mol. The van der Waals surface area contributed by atoms with E-state index in [0.717, 1.165) is 32.1 Å². The second kappa shape index (κ2) is 3.07. The summed E-state index contributed by atoms with van der Waals surface area (Å²) in [6.45, 7) is 2.10. The van der Waals surface area contributed by atoms with Crippen LogP contribution in [0.15, 0.2) is 0 Å². The van der Waals surface area contributed by atoms with E-state index in [9.17, 15) is 5.11 Å². The lowest BCUT2D eigenvalue weighted by atomic mass is 9.81. The number of hydrogen-bond acceptors (Lipinski definition) is 1. The molecule has 1 rings (SSSR count). The van der Waals surface area contributed by atoms with Gasteiger partial charge < -0.3 is 5.11 Å². The highest BCUT2D eigenvalue weighted by Gasteiger charge is 2.31. The predicted octanol–water partition coefficient (Wildman–Crippen LogP) is 1.70. The van der Waals surface area contributed by atoms with E-state index in [-0.39, 0.29) is 0 Å². The summed E-state index contributed by atoms with van der Waals surface area (Å²) >= 11 is 0. The van der Waals surface area contributed by atoms with Crippen molar-refractivity contribution in [1.82, 2.24) is 0 Å². The summed E-state index contributed by atoms with van der Waals surface area (Å²) in [4.78, 5) is 0. The highest BCUT2D eigenvalue weighted by Crippen LogP contribution is 2.30. The largest absolute Gasteiger partial charge is 0.378 e. The minimum absolute atomic E-state index is 0.588. The molecule has 1 aliphatic carbocycles. The van der Waals surface area contributed by atoms with E-state index in [4.69, 9.17) is 0 Å². The molecule has 0 saturated heterocycles. The van der Waals surface area contributed by atoms with Crippen LogP contribution in [0.3, 0.4) is 0 Å². The molecule has 0 heterocycles. The van der Waals surface area contributed by atoms with Crippen molar-refractivity contribution >= 4 is 0 Å². The van der Waals surface area contributed by atoms with Crippen LogP contribution in [0.1, 0.15) is 39.0 Å². The van der Waals surface area contributed by atoms with Gasteiger partial charge in [0.25, 0.3) is 0 Å². The van der Waals surface area contributed by atoms with Crippen LogP contribution in [-0.4, -0.2) is 10.7 Å². The third kappa shape index (κ3) is 1.75. The molecule has 0 aliphatic heterocycles. The topological polar surface area (TPSA) is 20.2 Å². The summed E-state index contributed by atoms with van der Waals surface area (Å²) in [5.41, 5.74) is -0.588. The number of rotatable bonds is 1. The Morgan fingerprint density at radius 1 is 1.50 bits per heavy atom. The van der Waals surface area contributed by atoms with Crippen LogP contribution in [0.25, 0.3) is 0 Å². The Labute approximate surface area is 62.4 Å². The zero-order chi connectivity index (χ0) is 7.45. The van der Waals surface area contributed by atoms with E-state index in [1.807, 2.05) is 0 Å². The lowest BCUT2D eigenvalue weighted by molar-refractivity contribution is 0.0239. The van der Waals surface area contributed by atoms with E-state index < -0.39 is 5.60 Å². The first kappa shape index (κ1) is 7.63. The quantitative estimate of drug-likeness (QED) is 0.547. The molecule has 0 bridgehead atoms. The third-order valence-electron chi connectivity index (χ3n) is 1.88. The highest BCUT2D eigenvalue weighted by molar-refractivity contribution is 5.17. The molecule has 0 amide bonds. The SMILES string of the molecule is CCCC#CC1(O)CCC1. The standard InChI is InChI=1S/C9H14O/c1-2-3-4-6-9(10)7-5-8-9/h10H,2-3,5,7-8H2,1H3. The van der Waals surface area contributed by atoms with E-state index >= 15 is 0 Å². The molecule has 0 spiro atoms. The van der Waals surface area contributed by atoms with Gasteiger partial charge in [-0.2, -0.15) is 0 Å². The van der Waals surface area contributed by atoms with Gasteiger partial charge in [-0.25, -0.2) is 0 Å². The maximum atomic E-state index is 9.46. The predicted molar refractivity (Wildman–Crippen MR) is 41.5 cm³/mol. The van der Waals surface area contributed by atoms with E-state index in [0.29, 0.717) is 0 Å². The lowest BCUT2D eigenvalue weighted by Gasteiger charge is -2.30. The zero-order valence-electron chi connectivity index (χ0n) is 6.48. The van der Waals surface area contributed by atoms with Crippen LogP contribution in [0, 0.1) is 11.8 Å². The Balaban J connectivity index is 2.30. The molecule has 1 heteroatoms. The van der Waals surface area contributed by atoms with Crippen molar-refractivity contribution < 1.29 is 5.11 Å².